The van der Waals surface area contributed by atoms with Crippen molar-refractivity contribution in [2.45, 2.75) is 20.0 Å². The van der Waals surface area contributed by atoms with Crippen molar-refractivity contribution in [1.29, 1.82) is 0 Å². The number of phenols is 1. The number of ether oxygens (including phenoxy) is 1. The number of hydrogen-bond donors (Lipinski definition) is 3. The lowest BCUT2D eigenvalue weighted by atomic mass is 10.2. The van der Waals surface area contributed by atoms with Gasteiger partial charge in [0.15, 0.2) is 17.5 Å². The van der Waals surface area contributed by atoms with Crippen LogP contribution in [0.2, 0.25) is 10.2 Å². The van der Waals surface area contributed by atoms with Crippen LogP contribution >= 0.6 is 23.2 Å². The summed E-state index contributed by atoms with van der Waals surface area (Å²) in [5, 5.41) is 17.5. The van der Waals surface area contributed by atoms with Crippen LogP contribution in [0.3, 0.4) is 0 Å². The molecule has 3 N–H and O–H groups in total. The lowest BCUT2D eigenvalue weighted by Crippen LogP contribution is -2.37. The molecule has 0 spiro atoms. The van der Waals surface area contributed by atoms with Crippen LogP contribution < -0.4 is 15.4 Å². The van der Waals surface area contributed by atoms with Gasteiger partial charge in [0, 0.05) is 24.8 Å². The number of hydrogen-bond acceptors (Lipinski definition) is 3. The number of para-hydroxylation sites is 1. The second-order valence-corrected chi connectivity index (χ2v) is 6.12. The van der Waals surface area contributed by atoms with Crippen molar-refractivity contribution in [3.05, 3.63) is 45.7 Å². The van der Waals surface area contributed by atoms with E-state index < -0.39 is 0 Å². The minimum Gasteiger partial charge on any atom is -0.504 e. The quantitative estimate of drug-likeness (QED) is 0.527. The van der Waals surface area contributed by atoms with E-state index in [-0.39, 0.29) is 5.75 Å². The molecule has 136 valence electrons. The molecule has 8 heteroatoms. The molecule has 0 aliphatic carbocycles. The zero-order valence-corrected chi connectivity index (χ0v) is 15.9. The molecule has 1 heterocycles. The topological polar surface area (TPSA) is 70.8 Å². The molecule has 1 aromatic carbocycles. The third kappa shape index (κ3) is 4.74. The van der Waals surface area contributed by atoms with Crippen LogP contribution in [-0.2, 0) is 20.1 Å². The fourth-order valence-corrected chi connectivity index (χ4v) is 2.71. The molecule has 0 amide bonds. The van der Waals surface area contributed by atoms with E-state index in [0.29, 0.717) is 47.1 Å². The molecule has 0 aliphatic heterocycles. The maximum absolute atomic E-state index is 10.1. The summed E-state index contributed by atoms with van der Waals surface area (Å²) in [5.41, 5.74) is 1.62. The molecule has 25 heavy (non-hydrogen) atoms. The maximum Gasteiger partial charge on any atom is 0.191 e. The van der Waals surface area contributed by atoms with Crippen molar-refractivity contribution >= 4 is 29.2 Å². The van der Waals surface area contributed by atoms with Crippen molar-refractivity contribution in [3.63, 3.8) is 0 Å². The monoisotopic (exact) mass is 384 g/mol. The van der Waals surface area contributed by atoms with Gasteiger partial charge in [-0.25, -0.2) is 4.99 Å². The van der Waals surface area contributed by atoms with Crippen molar-refractivity contribution in [2.24, 2.45) is 12.0 Å². The molecule has 2 rings (SSSR count). The first-order valence-corrected chi connectivity index (χ1v) is 8.60. The van der Waals surface area contributed by atoms with E-state index in [4.69, 9.17) is 27.9 Å². The average molecular weight is 385 g/mol. The fourth-order valence-electron chi connectivity index (χ4n) is 2.30. The van der Waals surface area contributed by atoms with Crippen LogP contribution in [0.25, 0.3) is 0 Å². The van der Waals surface area contributed by atoms with Crippen LogP contribution in [0.1, 0.15) is 18.2 Å². The molecule has 0 fully saturated rings. The highest BCUT2D eigenvalue weighted by atomic mass is 35.5. The second-order valence-electron chi connectivity index (χ2n) is 5.35. The van der Waals surface area contributed by atoms with E-state index in [1.54, 1.807) is 6.07 Å². The second kappa shape index (κ2) is 8.87. The zero-order chi connectivity index (χ0) is 18.4. The van der Waals surface area contributed by atoms with Crippen molar-refractivity contribution in [2.75, 3.05) is 13.7 Å². The van der Waals surface area contributed by atoms with Crippen LogP contribution in [0.15, 0.2) is 29.3 Å². The standard InChI is InChI=1S/C17H22Cl2N4O2/c1-4-20-17(22-10-12-8-13(18)16(19)23(12)2)21-9-11-6-5-7-14(25-3)15(11)24/h5-8,24H,4,9-10H2,1-3H3,(H2,20,21,22). The van der Waals surface area contributed by atoms with Gasteiger partial charge in [0.05, 0.1) is 25.2 Å². The number of nitrogens with one attached hydrogen (secondary N) is 2. The Kier molecular flexibility index (Phi) is 6.84. The Morgan fingerprint density at radius 1 is 1.32 bits per heavy atom. The zero-order valence-electron chi connectivity index (χ0n) is 14.4. The van der Waals surface area contributed by atoms with Gasteiger partial charge in [-0.15, -0.1) is 0 Å². The smallest absolute Gasteiger partial charge is 0.191 e. The van der Waals surface area contributed by atoms with Gasteiger partial charge in [0.2, 0.25) is 0 Å². The molecule has 2 aromatic rings. The number of nitrogens with zero attached hydrogens (tertiary/aromatic N) is 2. The molecule has 0 saturated heterocycles. The highest BCUT2D eigenvalue weighted by molar-refractivity contribution is 6.41. The molecular weight excluding hydrogens is 363 g/mol. The Hall–Kier alpha value is -2.05. The van der Waals surface area contributed by atoms with E-state index >= 15 is 0 Å². The summed E-state index contributed by atoms with van der Waals surface area (Å²) >= 11 is 12.1. The van der Waals surface area contributed by atoms with E-state index in [1.807, 2.05) is 36.7 Å². The number of aliphatic imine (C=N–C) groups is 1. The number of guanidine groups is 1. The molecule has 0 radical (unpaired) electrons. The van der Waals surface area contributed by atoms with Gasteiger partial charge < -0.3 is 25.0 Å². The summed E-state index contributed by atoms with van der Waals surface area (Å²) in [6.45, 7) is 3.52. The van der Waals surface area contributed by atoms with Gasteiger partial charge in [-0.3, -0.25) is 0 Å². The first-order valence-electron chi connectivity index (χ1n) is 7.84. The van der Waals surface area contributed by atoms with Gasteiger partial charge in [0.25, 0.3) is 0 Å². The summed E-state index contributed by atoms with van der Waals surface area (Å²) in [6.07, 6.45) is 0. The minimum atomic E-state index is 0.102. The van der Waals surface area contributed by atoms with Crippen LogP contribution in [0, 0.1) is 0 Å². The molecule has 0 saturated carbocycles. The Morgan fingerprint density at radius 3 is 2.68 bits per heavy atom. The molecule has 6 nitrogen and oxygen atoms in total. The molecule has 0 aliphatic rings. The average Bonchev–Trinajstić information content (AvgIpc) is 2.85. The third-order valence-electron chi connectivity index (χ3n) is 3.71. The normalized spacial score (nSPS) is 11.5. The van der Waals surface area contributed by atoms with E-state index in [2.05, 4.69) is 15.6 Å². The number of benzene rings is 1. The van der Waals surface area contributed by atoms with E-state index in [9.17, 15) is 5.11 Å². The minimum absolute atomic E-state index is 0.102. The number of aromatic nitrogens is 1. The molecule has 1 aromatic heterocycles. The SMILES string of the molecule is CCNC(=NCc1cccc(OC)c1O)NCc1cc(Cl)c(Cl)n1C. The Balaban J connectivity index is 2.09. The highest BCUT2D eigenvalue weighted by Crippen LogP contribution is 2.29. The summed E-state index contributed by atoms with van der Waals surface area (Å²) in [5.74, 6) is 1.16. The molecule has 0 atom stereocenters. The van der Waals surface area contributed by atoms with Gasteiger partial charge in [0.1, 0.15) is 5.15 Å². The third-order valence-corrected chi connectivity index (χ3v) is 4.55. The summed E-state index contributed by atoms with van der Waals surface area (Å²) < 4.78 is 6.93. The fraction of sp³-hybridized carbons (Fsp3) is 0.353. The van der Waals surface area contributed by atoms with Gasteiger partial charge in [-0.05, 0) is 19.1 Å². The number of rotatable bonds is 6. The van der Waals surface area contributed by atoms with Crippen LogP contribution in [0.4, 0.5) is 0 Å². The predicted octanol–water partition coefficient (Wildman–Crippen LogP) is 3.30. The summed E-state index contributed by atoms with van der Waals surface area (Å²) in [6, 6.07) is 7.14. The predicted molar refractivity (Wildman–Crippen MR) is 102 cm³/mol. The molecular formula is C17H22Cl2N4O2. The van der Waals surface area contributed by atoms with E-state index in [0.717, 1.165) is 5.69 Å². The van der Waals surface area contributed by atoms with Gasteiger partial charge in [-0.2, -0.15) is 0 Å². The molecule has 0 unspecified atom stereocenters. The van der Waals surface area contributed by atoms with Crippen molar-refractivity contribution in [3.8, 4) is 11.5 Å². The Bertz CT molecular complexity index is 759. The van der Waals surface area contributed by atoms with Crippen LogP contribution in [-0.4, -0.2) is 29.3 Å². The Morgan fingerprint density at radius 2 is 2.08 bits per heavy atom. The number of aromatic hydroxyl groups is 1. The highest BCUT2D eigenvalue weighted by Gasteiger charge is 2.10. The number of phenolic OH excluding ortho intramolecular Hbond substituents is 1. The summed E-state index contributed by atoms with van der Waals surface area (Å²) in [4.78, 5) is 4.50. The lowest BCUT2D eigenvalue weighted by molar-refractivity contribution is 0.370. The first kappa shape index (κ1) is 19.3. The Labute approximate surface area is 157 Å². The van der Waals surface area contributed by atoms with E-state index in [1.165, 1.54) is 7.11 Å². The van der Waals surface area contributed by atoms with Gasteiger partial charge in [-0.1, -0.05) is 35.3 Å². The first-order chi connectivity index (χ1) is 12.0. The summed E-state index contributed by atoms with van der Waals surface area (Å²) in [7, 11) is 3.37. The van der Waals surface area contributed by atoms with Crippen molar-refractivity contribution in [1.82, 2.24) is 15.2 Å². The molecule has 0 bridgehead atoms. The maximum atomic E-state index is 10.1. The number of methoxy groups -OCH3 is 1. The van der Waals surface area contributed by atoms with Crippen molar-refractivity contribution < 1.29 is 9.84 Å². The van der Waals surface area contributed by atoms with Crippen LogP contribution in [0.5, 0.6) is 11.5 Å². The largest absolute Gasteiger partial charge is 0.504 e. The number of halogens is 2. The lowest BCUT2D eigenvalue weighted by Gasteiger charge is -2.13. The van der Waals surface area contributed by atoms with Gasteiger partial charge >= 0.3 is 0 Å².